The van der Waals surface area contributed by atoms with Gasteiger partial charge in [0.2, 0.25) is 0 Å². The van der Waals surface area contributed by atoms with Crippen LogP contribution >= 0.6 is 0 Å². The summed E-state index contributed by atoms with van der Waals surface area (Å²) in [5, 5.41) is 3.49. The minimum Gasteiger partial charge on any atom is -0.496 e. The number of hydrogen-bond donors (Lipinski definition) is 1. The Labute approximate surface area is 112 Å². The Hall–Kier alpha value is -1.02. The van der Waals surface area contributed by atoms with Crippen molar-refractivity contribution in [2.75, 3.05) is 13.7 Å². The van der Waals surface area contributed by atoms with Gasteiger partial charge in [-0.3, -0.25) is 0 Å². The van der Waals surface area contributed by atoms with Crippen LogP contribution in [0.5, 0.6) is 5.75 Å². The van der Waals surface area contributed by atoms with Crippen molar-refractivity contribution in [3.05, 3.63) is 29.3 Å². The molecule has 18 heavy (non-hydrogen) atoms. The minimum atomic E-state index is 0.570. The number of methoxy groups -OCH3 is 1. The topological polar surface area (TPSA) is 21.3 Å². The molecule has 1 N–H and O–H groups in total. The maximum absolute atomic E-state index is 5.42. The molecular formula is C16H27NO. The number of aryl methyl sites for hydroxylation is 2. The fourth-order valence-corrected chi connectivity index (χ4v) is 2.04. The zero-order valence-corrected chi connectivity index (χ0v) is 12.4. The molecule has 2 heteroatoms. The first-order valence-corrected chi connectivity index (χ1v) is 6.89. The number of ether oxygens (including phenoxy) is 1. The molecule has 0 aliphatic carbocycles. The Morgan fingerprint density at radius 1 is 1.22 bits per heavy atom. The van der Waals surface area contributed by atoms with Gasteiger partial charge in [0.15, 0.2) is 0 Å². The molecule has 0 aromatic heterocycles. The molecular weight excluding hydrogens is 222 g/mol. The molecule has 0 amide bonds. The minimum absolute atomic E-state index is 0.570. The van der Waals surface area contributed by atoms with E-state index >= 15 is 0 Å². The molecule has 1 rings (SSSR count). The highest BCUT2D eigenvalue weighted by Crippen LogP contribution is 2.22. The highest BCUT2D eigenvalue weighted by molar-refractivity contribution is 5.36. The lowest BCUT2D eigenvalue weighted by atomic mass is 9.99. The van der Waals surface area contributed by atoms with Gasteiger partial charge in [-0.1, -0.05) is 38.5 Å². The highest BCUT2D eigenvalue weighted by atomic mass is 16.5. The van der Waals surface area contributed by atoms with Gasteiger partial charge in [-0.25, -0.2) is 0 Å². The lowest BCUT2D eigenvalue weighted by molar-refractivity contribution is 0.404. The van der Waals surface area contributed by atoms with Crippen molar-refractivity contribution >= 4 is 0 Å². The summed E-state index contributed by atoms with van der Waals surface area (Å²) in [6.45, 7) is 9.91. The molecule has 2 nitrogen and oxygen atoms in total. The lowest BCUT2D eigenvalue weighted by Gasteiger charge is -2.16. The fraction of sp³-hybridized carbons (Fsp3) is 0.625. The first-order valence-electron chi connectivity index (χ1n) is 6.89. The van der Waals surface area contributed by atoms with E-state index in [0.717, 1.165) is 18.7 Å². The quantitative estimate of drug-likeness (QED) is 0.797. The maximum Gasteiger partial charge on any atom is 0.122 e. The monoisotopic (exact) mass is 249 g/mol. The van der Waals surface area contributed by atoms with Crippen LogP contribution < -0.4 is 10.1 Å². The second-order valence-electron chi connectivity index (χ2n) is 5.52. The summed E-state index contributed by atoms with van der Waals surface area (Å²) in [5.41, 5.74) is 2.63. The third-order valence-electron chi connectivity index (χ3n) is 3.22. The number of benzene rings is 1. The van der Waals surface area contributed by atoms with E-state index < -0.39 is 0 Å². The summed E-state index contributed by atoms with van der Waals surface area (Å²) < 4.78 is 5.42. The molecule has 0 bridgehead atoms. The SMILES string of the molecule is COc1ccc(C)cc1CCC(C)CNC(C)C. The second kappa shape index (κ2) is 7.42. The van der Waals surface area contributed by atoms with Crippen molar-refractivity contribution in [1.82, 2.24) is 5.32 Å². The Bertz CT molecular complexity index is 360. The van der Waals surface area contributed by atoms with Crippen LogP contribution in [-0.2, 0) is 6.42 Å². The molecule has 0 aliphatic heterocycles. The molecule has 1 atom stereocenters. The third-order valence-corrected chi connectivity index (χ3v) is 3.22. The zero-order valence-electron chi connectivity index (χ0n) is 12.4. The summed E-state index contributed by atoms with van der Waals surface area (Å²) in [6.07, 6.45) is 2.28. The van der Waals surface area contributed by atoms with Crippen molar-refractivity contribution in [1.29, 1.82) is 0 Å². The predicted octanol–water partition coefficient (Wildman–Crippen LogP) is 3.57. The van der Waals surface area contributed by atoms with Crippen LogP contribution in [0.25, 0.3) is 0 Å². The van der Waals surface area contributed by atoms with Crippen LogP contribution in [0.3, 0.4) is 0 Å². The standard InChI is InChI=1S/C16H27NO/c1-12(2)17-11-14(4)6-8-15-10-13(3)7-9-16(15)18-5/h7,9-10,12,14,17H,6,8,11H2,1-5H3. The van der Waals surface area contributed by atoms with Crippen molar-refractivity contribution in [3.8, 4) is 5.75 Å². The third kappa shape index (κ3) is 5.09. The predicted molar refractivity (Wildman–Crippen MR) is 78.4 cm³/mol. The van der Waals surface area contributed by atoms with E-state index in [0.29, 0.717) is 12.0 Å². The molecule has 1 aromatic carbocycles. The molecule has 102 valence electrons. The van der Waals surface area contributed by atoms with Gasteiger partial charge in [-0.05, 0) is 43.9 Å². The van der Waals surface area contributed by atoms with Crippen LogP contribution in [0.15, 0.2) is 18.2 Å². The summed E-state index contributed by atoms with van der Waals surface area (Å²) in [4.78, 5) is 0. The van der Waals surface area contributed by atoms with Crippen LogP contribution in [0.2, 0.25) is 0 Å². The maximum atomic E-state index is 5.42. The summed E-state index contributed by atoms with van der Waals surface area (Å²) in [5.74, 6) is 1.71. The van der Waals surface area contributed by atoms with Gasteiger partial charge in [0.05, 0.1) is 7.11 Å². The van der Waals surface area contributed by atoms with Gasteiger partial charge in [-0.2, -0.15) is 0 Å². The number of hydrogen-bond acceptors (Lipinski definition) is 2. The van der Waals surface area contributed by atoms with Crippen LogP contribution in [-0.4, -0.2) is 19.7 Å². The summed E-state index contributed by atoms with van der Waals surface area (Å²) in [7, 11) is 1.75. The highest BCUT2D eigenvalue weighted by Gasteiger charge is 2.07. The first-order chi connectivity index (χ1) is 8.52. The molecule has 1 aromatic rings. The van der Waals surface area contributed by atoms with E-state index in [1.807, 2.05) is 0 Å². The van der Waals surface area contributed by atoms with E-state index in [1.165, 1.54) is 17.5 Å². The van der Waals surface area contributed by atoms with E-state index in [4.69, 9.17) is 4.74 Å². The zero-order chi connectivity index (χ0) is 13.5. The van der Waals surface area contributed by atoms with Gasteiger partial charge in [0.25, 0.3) is 0 Å². The van der Waals surface area contributed by atoms with Gasteiger partial charge in [-0.15, -0.1) is 0 Å². The second-order valence-corrected chi connectivity index (χ2v) is 5.52. The van der Waals surface area contributed by atoms with Crippen molar-refractivity contribution in [2.24, 2.45) is 5.92 Å². The van der Waals surface area contributed by atoms with Gasteiger partial charge in [0, 0.05) is 6.04 Å². The molecule has 0 fully saturated rings. The molecule has 0 heterocycles. The molecule has 1 unspecified atom stereocenters. The first kappa shape index (κ1) is 15.0. The fourth-order valence-electron chi connectivity index (χ4n) is 2.04. The Morgan fingerprint density at radius 3 is 2.56 bits per heavy atom. The molecule has 0 spiro atoms. The molecule has 0 radical (unpaired) electrons. The average molecular weight is 249 g/mol. The van der Waals surface area contributed by atoms with Gasteiger partial charge < -0.3 is 10.1 Å². The molecule has 0 aliphatic rings. The van der Waals surface area contributed by atoms with Crippen molar-refractivity contribution < 1.29 is 4.74 Å². The van der Waals surface area contributed by atoms with E-state index in [1.54, 1.807) is 7.11 Å². The van der Waals surface area contributed by atoms with Crippen LogP contribution in [0.4, 0.5) is 0 Å². The lowest BCUT2D eigenvalue weighted by Crippen LogP contribution is -2.28. The summed E-state index contributed by atoms with van der Waals surface area (Å²) >= 11 is 0. The number of nitrogens with one attached hydrogen (secondary N) is 1. The Balaban J connectivity index is 2.49. The molecule has 0 saturated heterocycles. The van der Waals surface area contributed by atoms with Crippen LogP contribution in [0.1, 0.15) is 38.3 Å². The van der Waals surface area contributed by atoms with Gasteiger partial charge in [0.1, 0.15) is 5.75 Å². The molecule has 0 saturated carbocycles. The van der Waals surface area contributed by atoms with Gasteiger partial charge >= 0.3 is 0 Å². The average Bonchev–Trinajstić information content (AvgIpc) is 2.34. The van der Waals surface area contributed by atoms with E-state index in [2.05, 4.69) is 51.2 Å². The number of rotatable bonds is 7. The largest absolute Gasteiger partial charge is 0.496 e. The summed E-state index contributed by atoms with van der Waals surface area (Å²) in [6, 6.07) is 6.98. The van der Waals surface area contributed by atoms with Crippen molar-refractivity contribution in [3.63, 3.8) is 0 Å². The smallest absolute Gasteiger partial charge is 0.122 e. The van der Waals surface area contributed by atoms with Crippen LogP contribution in [0, 0.1) is 12.8 Å². The Kier molecular flexibility index (Phi) is 6.20. The Morgan fingerprint density at radius 2 is 1.94 bits per heavy atom. The van der Waals surface area contributed by atoms with E-state index in [-0.39, 0.29) is 0 Å². The normalized spacial score (nSPS) is 12.8. The van der Waals surface area contributed by atoms with Crippen molar-refractivity contribution in [2.45, 2.75) is 46.6 Å². The van der Waals surface area contributed by atoms with E-state index in [9.17, 15) is 0 Å².